The molecule has 2 aromatic carbocycles. The number of aromatic hydroxyl groups is 2. The fourth-order valence-electron chi connectivity index (χ4n) is 2.20. The number of amides is 1. The molecule has 0 fully saturated rings. The van der Waals surface area contributed by atoms with Gasteiger partial charge < -0.3 is 20.3 Å². The number of hydrogen-bond donors (Lipinski definition) is 3. The van der Waals surface area contributed by atoms with Crippen molar-refractivity contribution in [3.8, 4) is 17.2 Å². The van der Waals surface area contributed by atoms with Gasteiger partial charge in [-0.15, -0.1) is 0 Å². The van der Waals surface area contributed by atoms with Crippen LogP contribution in [0.15, 0.2) is 48.5 Å². The summed E-state index contributed by atoms with van der Waals surface area (Å²) in [4.78, 5) is 11.8. The number of phenols is 2. The zero-order valence-electron chi connectivity index (χ0n) is 13.5. The average Bonchev–Trinajstić information content (AvgIpc) is 2.59. The fraction of sp³-hybridized carbons (Fsp3) is 0.211. The second kappa shape index (κ2) is 8.62. The predicted molar refractivity (Wildman–Crippen MR) is 93.1 cm³/mol. The van der Waals surface area contributed by atoms with Gasteiger partial charge in [0.2, 0.25) is 5.91 Å². The molecule has 24 heavy (non-hydrogen) atoms. The van der Waals surface area contributed by atoms with Crippen molar-refractivity contribution in [3.63, 3.8) is 0 Å². The van der Waals surface area contributed by atoms with E-state index in [0.29, 0.717) is 12.3 Å². The smallest absolute Gasteiger partial charge is 0.243 e. The molecule has 0 spiro atoms. The van der Waals surface area contributed by atoms with Crippen LogP contribution in [0.25, 0.3) is 6.08 Å². The molecular weight excluding hydrogens is 306 g/mol. The minimum atomic E-state index is -0.173. The Hall–Kier alpha value is -2.95. The second-order valence-corrected chi connectivity index (χ2v) is 5.33. The van der Waals surface area contributed by atoms with Gasteiger partial charge in [-0.1, -0.05) is 18.2 Å². The summed E-state index contributed by atoms with van der Waals surface area (Å²) < 4.78 is 5.02. The van der Waals surface area contributed by atoms with E-state index in [9.17, 15) is 15.0 Å². The van der Waals surface area contributed by atoms with E-state index in [0.717, 1.165) is 24.0 Å². The van der Waals surface area contributed by atoms with Crippen LogP contribution < -0.4 is 10.1 Å². The molecular formula is C19H21NO4. The summed E-state index contributed by atoms with van der Waals surface area (Å²) in [5.74, 6) is 0.510. The molecule has 2 rings (SSSR count). The van der Waals surface area contributed by atoms with E-state index >= 15 is 0 Å². The number of carbonyl (C=O) groups is 1. The molecule has 2 aromatic rings. The van der Waals surface area contributed by atoms with Crippen LogP contribution in [0.2, 0.25) is 0 Å². The van der Waals surface area contributed by atoms with Crippen molar-refractivity contribution < 1.29 is 19.7 Å². The molecule has 0 bridgehead atoms. The lowest BCUT2D eigenvalue weighted by Gasteiger charge is -2.04. The number of methoxy groups -OCH3 is 1. The van der Waals surface area contributed by atoms with Crippen molar-refractivity contribution >= 4 is 12.0 Å². The molecule has 5 heteroatoms. The minimum Gasteiger partial charge on any atom is -0.508 e. The maximum atomic E-state index is 11.8. The highest BCUT2D eigenvalue weighted by atomic mass is 16.5. The summed E-state index contributed by atoms with van der Waals surface area (Å²) >= 11 is 0. The van der Waals surface area contributed by atoms with Gasteiger partial charge in [0.15, 0.2) is 11.5 Å². The van der Waals surface area contributed by atoms with Crippen LogP contribution >= 0.6 is 0 Å². The number of hydrogen-bond acceptors (Lipinski definition) is 4. The predicted octanol–water partition coefficient (Wildman–Crippen LogP) is 2.87. The van der Waals surface area contributed by atoms with Crippen LogP contribution in [0.3, 0.4) is 0 Å². The van der Waals surface area contributed by atoms with E-state index in [1.807, 2.05) is 12.1 Å². The first-order valence-corrected chi connectivity index (χ1v) is 7.69. The normalized spacial score (nSPS) is 10.7. The zero-order chi connectivity index (χ0) is 17.4. The molecule has 0 aliphatic carbocycles. The van der Waals surface area contributed by atoms with Crippen molar-refractivity contribution in [1.29, 1.82) is 0 Å². The molecule has 0 saturated heterocycles. The molecule has 0 aliphatic rings. The van der Waals surface area contributed by atoms with Gasteiger partial charge in [0.1, 0.15) is 5.75 Å². The number of benzene rings is 2. The molecule has 126 valence electrons. The van der Waals surface area contributed by atoms with Crippen LogP contribution in [0.5, 0.6) is 17.2 Å². The van der Waals surface area contributed by atoms with Crippen molar-refractivity contribution in [2.75, 3.05) is 13.7 Å². The average molecular weight is 327 g/mol. The first-order chi connectivity index (χ1) is 11.6. The Bertz CT molecular complexity index is 708. The van der Waals surface area contributed by atoms with Crippen LogP contribution in [0.4, 0.5) is 0 Å². The fourth-order valence-corrected chi connectivity index (χ4v) is 2.20. The lowest BCUT2D eigenvalue weighted by Crippen LogP contribution is -2.22. The van der Waals surface area contributed by atoms with Crippen molar-refractivity contribution in [2.45, 2.75) is 12.8 Å². The number of carbonyl (C=O) groups excluding carboxylic acids is 1. The maximum Gasteiger partial charge on any atom is 0.243 e. The van der Waals surface area contributed by atoms with E-state index in [4.69, 9.17) is 4.74 Å². The van der Waals surface area contributed by atoms with Crippen LogP contribution in [-0.2, 0) is 11.2 Å². The summed E-state index contributed by atoms with van der Waals surface area (Å²) in [7, 11) is 1.48. The minimum absolute atomic E-state index is 0.0633. The van der Waals surface area contributed by atoms with Gasteiger partial charge in [-0.05, 0) is 54.3 Å². The Morgan fingerprint density at radius 2 is 1.92 bits per heavy atom. The third kappa shape index (κ3) is 5.35. The molecule has 1 amide bonds. The zero-order valence-corrected chi connectivity index (χ0v) is 13.5. The van der Waals surface area contributed by atoms with E-state index < -0.39 is 0 Å². The van der Waals surface area contributed by atoms with Gasteiger partial charge in [-0.2, -0.15) is 0 Å². The number of nitrogens with one attached hydrogen (secondary N) is 1. The molecule has 3 N–H and O–H groups in total. The van der Waals surface area contributed by atoms with E-state index in [2.05, 4.69) is 5.32 Å². The van der Waals surface area contributed by atoms with Gasteiger partial charge in [-0.25, -0.2) is 0 Å². The number of ether oxygens (including phenoxy) is 1. The molecule has 0 heterocycles. The van der Waals surface area contributed by atoms with E-state index in [1.54, 1.807) is 30.3 Å². The van der Waals surface area contributed by atoms with E-state index in [1.165, 1.54) is 19.3 Å². The van der Waals surface area contributed by atoms with Crippen LogP contribution in [-0.4, -0.2) is 29.8 Å². The monoisotopic (exact) mass is 327 g/mol. The standard InChI is InChI=1S/C19H21NO4/c1-24-18-13-15(6-10-17(18)22)7-11-19(23)20-12-2-3-14-4-8-16(21)9-5-14/h4-11,13,21-22H,2-3,12H2,1H3,(H,20,23)/b11-7+. The first kappa shape index (κ1) is 17.4. The largest absolute Gasteiger partial charge is 0.508 e. The maximum absolute atomic E-state index is 11.8. The Morgan fingerprint density at radius 3 is 2.62 bits per heavy atom. The second-order valence-electron chi connectivity index (χ2n) is 5.33. The van der Waals surface area contributed by atoms with Gasteiger partial charge in [-0.3, -0.25) is 4.79 Å². The third-order valence-corrected chi connectivity index (χ3v) is 3.51. The van der Waals surface area contributed by atoms with Gasteiger partial charge in [0.05, 0.1) is 7.11 Å². The lowest BCUT2D eigenvalue weighted by atomic mass is 10.1. The summed E-state index contributed by atoms with van der Waals surface area (Å²) in [5, 5.41) is 21.6. The Balaban J connectivity index is 1.75. The third-order valence-electron chi connectivity index (χ3n) is 3.51. The van der Waals surface area contributed by atoms with Crippen molar-refractivity contribution in [2.24, 2.45) is 0 Å². The number of aryl methyl sites for hydroxylation is 1. The topological polar surface area (TPSA) is 78.8 Å². The van der Waals surface area contributed by atoms with Gasteiger partial charge in [0, 0.05) is 12.6 Å². The lowest BCUT2D eigenvalue weighted by molar-refractivity contribution is -0.116. The highest BCUT2D eigenvalue weighted by molar-refractivity contribution is 5.91. The first-order valence-electron chi connectivity index (χ1n) is 7.69. The number of rotatable bonds is 7. The SMILES string of the molecule is COc1cc(/C=C/C(=O)NCCCc2ccc(O)cc2)ccc1O. The highest BCUT2D eigenvalue weighted by Gasteiger charge is 2.01. The summed E-state index contributed by atoms with van der Waals surface area (Å²) in [5.41, 5.74) is 1.89. The van der Waals surface area contributed by atoms with Gasteiger partial charge in [0.25, 0.3) is 0 Å². The molecule has 5 nitrogen and oxygen atoms in total. The number of phenolic OH excluding ortho intramolecular Hbond substituents is 2. The summed E-state index contributed by atoms with van der Waals surface area (Å²) in [6, 6.07) is 11.9. The highest BCUT2D eigenvalue weighted by Crippen LogP contribution is 2.26. The van der Waals surface area contributed by atoms with E-state index in [-0.39, 0.29) is 17.4 Å². The quantitative estimate of drug-likeness (QED) is 0.540. The molecule has 0 radical (unpaired) electrons. The van der Waals surface area contributed by atoms with Crippen molar-refractivity contribution in [3.05, 3.63) is 59.7 Å². The van der Waals surface area contributed by atoms with Crippen LogP contribution in [0, 0.1) is 0 Å². The summed E-state index contributed by atoms with van der Waals surface area (Å²) in [6.45, 7) is 0.572. The Morgan fingerprint density at radius 1 is 1.17 bits per heavy atom. The molecule has 0 saturated carbocycles. The summed E-state index contributed by atoms with van der Waals surface area (Å²) in [6.07, 6.45) is 4.76. The molecule has 0 aromatic heterocycles. The molecule has 0 aliphatic heterocycles. The van der Waals surface area contributed by atoms with Crippen molar-refractivity contribution in [1.82, 2.24) is 5.32 Å². The molecule has 0 unspecified atom stereocenters. The Labute approximate surface area is 141 Å². The Kier molecular flexibility index (Phi) is 6.25. The molecule has 0 atom stereocenters. The van der Waals surface area contributed by atoms with Gasteiger partial charge >= 0.3 is 0 Å². The van der Waals surface area contributed by atoms with Crippen LogP contribution in [0.1, 0.15) is 17.5 Å².